The van der Waals surface area contributed by atoms with Crippen molar-refractivity contribution < 1.29 is 19.4 Å². The van der Waals surface area contributed by atoms with Crippen molar-refractivity contribution in [2.45, 2.75) is 12.5 Å². The van der Waals surface area contributed by atoms with Gasteiger partial charge in [0.15, 0.2) is 0 Å². The molecule has 0 saturated heterocycles. The number of hydrogen-bond donors (Lipinski definition) is 3. The molecule has 1 heterocycles. The van der Waals surface area contributed by atoms with Gasteiger partial charge in [-0.15, -0.1) is 0 Å². The Morgan fingerprint density at radius 3 is 2.13 bits per heavy atom. The smallest absolute Gasteiger partial charge is 0.409 e. The molecule has 0 saturated carbocycles. The van der Waals surface area contributed by atoms with E-state index in [1.54, 1.807) is 25.3 Å². The minimum Gasteiger partial charge on any atom is -0.496 e. The summed E-state index contributed by atoms with van der Waals surface area (Å²) < 4.78 is 7.81. The first-order valence-corrected chi connectivity index (χ1v) is 12.1. The van der Waals surface area contributed by atoms with E-state index in [-0.39, 0.29) is 6.04 Å². The molecule has 7 heteroatoms. The number of fused-ring (bicyclic) bond motifs is 1. The van der Waals surface area contributed by atoms with Crippen molar-refractivity contribution >= 4 is 28.6 Å². The van der Waals surface area contributed by atoms with E-state index in [0.29, 0.717) is 23.4 Å². The van der Waals surface area contributed by atoms with Crippen molar-refractivity contribution in [3.05, 3.63) is 131 Å². The van der Waals surface area contributed by atoms with Gasteiger partial charge >= 0.3 is 6.09 Å². The highest BCUT2D eigenvalue weighted by atomic mass is 16.5. The molecule has 0 radical (unpaired) electrons. The second-order valence-electron chi connectivity index (χ2n) is 9.02. The van der Waals surface area contributed by atoms with Crippen LogP contribution in [0.25, 0.3) is 10.9 Å². The fourth-order valence-corrected chi connectivity index (χ4v) is 4.91. The Morgan fingerprint density at radius 2 is 1.55 bits per heavy atom. The zero-order chi connectivity index (χ0) is 26.6. The molecule has 0 atom stereocenters. The number of carbonyl (C=O) groups is 2. The van der Waals surface area contributed by atoms with Crippen LogP contribution in [-0.4, -0.2) is 28.8 Å². The van der Waals surface area contributed by atoms with Crippen molar-refractivity contribution in [3.63, 3.8) is 0 Å². The molecule has 38 heavy (non-hydrogen) atoms. The van der Waals surface area contributed by atoms with Crippen molar-refractivity contribution in [2.75, 3.05) is 12.4 Å². The van der Waals surface area contributed by atoms with Crippen LogP contribution in [0.4, 0.5) is 10.5 Å². The van der Waals surface area contributed by atoms with E-state index >= 15 is 0 Å². The van der Waals surface area contributed by atoms with Crippen LogP contribution in [0.3, 0.4) is 0 Å². The lowest BCUT2D eigenvalue weighted by molar-refractivity contribution is 0.1000. The lowest BCUT2D eigenvalue weighted by atomic mass is 9.98. The zero-order valence-electron chi connectivity index (χ0n) is 20.8. The van der Waals surface area contributed by atoms with Crippen LogP contribution in [0.1, 0.15) is 38.7 Å². The third-order valence-electron chi connectivity index (χ3n) is 6.63. The highest BCUT2D eigenvalue weighted by Gasteiger charge is 2.21. The SMILES string of the molecule is COc1cc(C(N)=O)ccc1Cc1cn(C(c2ccccc2)c2ccccc2)c2ccc(NC(=O)O)cc12. The molecule has 0 bridgehead atoms. The van der Waals surface area contributed by atoms with Crippen LogP contribution < -0.4 is 15.8 Å². The number of nitrogens with zero attached hydrogens (tertiary/aromatic N) is 1. The van der Waals surface area contributed by atoms with Crippen molar-refractivity contribution in [3.8, 4) is 5.75 Å². The predicted octanol–water partition coefficient (Wildman–Crippen LogP) is 6.07. The molecule has 190 valence electrons. The van der Waals surface area contributed by atoms with Gasteiger partial charge < -0.3 is 20.1 Å². The van der Waals surface area contributed by atoms with Gasteiger partial charge in [-0.3, -0.25) is 10.1 Å². The molecule has 5 aromatic rings. The molecule has 0 aliphatic carbocycles. The molecule has 4 N–H and O–H groups in total. The number of anilines is 1. The van der Waals surface area contributed by atoms with E-state index in [1.807, 2.05) is 54.6 Å². The Bertz CT molecular complexity index is 1570. The molecule has 2 amide bonds. The molecule has 4 aromatic carbocycles. The summed E-state index contributed by atoms with van der Waals surface area (Å²) in [4.78, 5) is 23.1. The number of rotatable bonds is 8. The number of primary amides is 1. The summed E-state index contributed by atoms with van der Waals surface area (Å²) in [6.45, 7) is 0. The van der Waals surface area contributed by atoms with Gasteiger partial charge in [-0.1, -0.05) is 66.7 Å². The number of aromatic nitrogens is 1. The maximum Gasteiger partial charge on any atom is 0.409 e. The molecule has 0 spiro atoms. The lowest BCUT2D eigenvalue weighted by Gasteiger charge is -2.21. The van der Waals surface area contributed by atoms with Crippen LogP contribution in [0.5, 0.6) is 5.75 Å². The number of hydrogen-bond acceptors (Lipinski definition) is 3. The van der Waals surface area contributed by atoms with Crippen LogP contribution in [0.2, 0.25) is 0 Å². The molecule has 0 aliphatic heterocycles. The van der Waals surface area contributed by atoms with Gasteiger partial charge in [0.1, 0.15) is 5.75 Å². The number of nitrogens with two attached hydrogens (primary N) is 1. The largest absolute Gasteiger partial charge is 0.496 e. The quantitative estimate of drug-likeness (QED) is 0.238. The minimum atomic E-state index is -1.12. The third-order valence-corrected chi connectivity index (χ3v) is 6.63. The van der Waals surface area contributed by atoms with Gasteiger partial charge in [0.05, 0.1) is 13.2 Å². The van der Waals surface area contributed by atoms with E-state index in [4.69, 9.17) is 10.5 Å². The molecule has 0 aliphatic rings. The molecule has 1 aromatic heterocycles. The highest BCUT2D eigenvalue weighted by molar-refractivity contribution is 5.94. The Morgan fingerprint density at radius 1 is 0.895 bits per heavy atom. The standard InChI is InChI=1S/C31H27N3O4/c1-38-28-17-23(30(32)35)13-12-22(28)16-24-19-34(27-15-14-25(18-26(24)27)33-31(36)37)29(20-8-4-2-5-9-20)21-10-6-3-7-11-21/h2-15,17-19,29,33H,16H2,1H3,(H2,32,35)(H,36,37). The van der Waals surface area contributed by atoms with Gasteiger partial charge in [-0.2, -0.15) is 0 Å². The summed E-state index contributed by atoms with van der Waals surface area (Å²) in [6.07, 6.45) is 1.49. The molecule has 7 nitrogen and oxygen atoms in total. The Labute approximate surface area is 220 Å². The number of ether oxygens (including phenoxy) is 1. The summed E-state index contributed by atoms with van der Waals surface area (Å²) in [5.74, 6) is 0.0362. The normalized spacial score (nSPS) is 11.0. The second-order valence-corrected chi connectivity index (χ2v) is 9.02. The summed E-state index contributed by atoms with van der Waals surface area (Å²) >= 11 is 0. The number of methoxy groups -OCH3 is 1. The van der Waals surface area contributed by atoms with E-state index in [1.165, 1.54) is 0 Å². The van der Waals surface area contributed by atoms with Crippen LogP contribution >= 0.6 is 0 Å². The average molecular weight is 506 g/mol. The topological polar surface area (TPSA) is 107 Å². The van der Waals surface area contributed by atoms with E-state index in [2.05, 4.69) is 40.3 Å². The summed E-state index contributed by atoms with van der Waals surface area (Å²) in [5.41, 5.74) is 11.4. The maximum atomic E-state index is 11.7. The summed E-state index contributed by atoms with van der Waals surface area (Å²) in [6, 6.07) is 31.2. The first-order valence-electron chi connectivity index (χ1n) is 12.1. The van der Waals surface area contributed by atoms with Crippen molar-refractivity contribution in [1.29, 1.82) is 0 Å². The third kappa shape index (κ3) is 4.95. The Kier molecular flexibility index (Phi) is 6.82. The predicted molar refractivity (Wildman–Crippen MR) is 148 cm³/mol. The zero-order valence-corrected chi connectivity index (χ0v) is 20.8. The number of carbonyl (C=O) groups excluding carboxylic acids is 1. The average Bonchev–Trinajstić information content (AvgIpc) is 3.26. The monoisotopic (exact) mass is 505 g/mol. The van der Waals surface area contributed by atoms with Gasteiger partial charge in [-0.05, 0) is 52.6 Å². The first kappa shape index (κ1) is 24.6. The maximum absolute atomic E-state index is 11.7. The van der Waals surface area contributed by atoms with E-state index in [9.17, 15) is 14.7 Å². The summed E-state index contributed by atoms with van der Waals surface area (Å²) in [7, 11) is 1.56. The van der Waals surface area contributed by atoms with Gasteiger partial charge in [0.25, 0.3) is 0 Å². The van der Waals surface area contributed by atoms with Crippen LogP contribution in [0.15, 0.2) is 103 Å². The Balaban J connectivity index is 1.70. The van der Waals surface area contributed by atoms with Crippen molar-refractivity contribution in [1.82, 2.24) is 4.57 Å². The fourth-order valence-electron chi connectivity index (χ4n) is 4.91. The minimum absolute atomic E-state index is 0.105. The van der Waals surface area contributed by atoms with Crippen LogP contribution in [-0.2, 0) is 6.42 Å². The summed E-state index contributed by atoms with van der Waals surface area (Å²) in [5, 5.41) is 12.7. The first-order chi connectivity index (χ1) is 18.4. The van der Waals surface area contributed by atoms with Crippen molar-refractivity contribution in [2.24, 2.45) is 5.73 Å². The number of benzene rings is 4. The van der Waals surface area contributed by atoms with E-state index in [0.717, 1.165) is 33.2 Å². The van der Waals surface area contributed by atoms with Gasteiger partial charge in [-0.25, -0.2) is 4.79 Å². The molecule has 0 unspecified atom stereocenters. The molecular formula is C31H27N3O4. The highest BCUT2D eigenvalue weighted by Crippen LogP contribution is 2.36. The number of carboxylic acid groups (broad SMARTS) is 1. The Hall–Kier alpha value is -5.04. The van der Waals surface area contributed by atoms with Gasteiger partial charge in [0.2, 0.25) is 5.91 Å². The van der Waals surface area contributed by atoms with E-state index < -0.39 is 12.0 Å². The van der Waals surface area contributed by atoms with Crippen LogP contribution in [0, 0.1) is 0 Å². The molecular weight excluding hydrogens is 478 g/mol. The van der Waals surface area contributed by atoms with Gasteiger partial charge in [0, 0.05) is 34.8 Å². The molecule has 0 fully saturated rings. The lowest BCUT2D eigenvalue weighted by Crippen LogP contribution is -2.11. The number of nitrogens with one attached hydrogen (secondary N) is 1. The fraction of sp³-hybridized carbons (Fsp3) is 0.0968. The second kappa shape index (κ2) is 10.5. The molecule has 5 rings (SSSR count). The number of amides is 2.